The summed E-state index contributed by atoms with van der Waals surface area (Å²) in [5, 5.41) is 9.67. The zero-order valence-corrected chi connectivity index (χ0v) is 15.6. The number of sulfonamides is 1. The van der Waals surface area contributed by atoms with Crippen molar-refractivity contribution in [3.8, 4) is 0 Å². The molecule has 0 spiro atoms. The van der Waals surface area contributed by atoms with E-state index in [4.69, 9.17) is 5.11 Å². The number of nitrogens with one attached hydrogen (secondary N) is 1. The van der Waals surface area contributed by atoms with Crippen LogP contribution in [0.5, 0.6) is 0 Å². The molecule has 134 valence electrons. The van der Waals surface area contributed by atoms with E-state index in [9.17, 15) is 18.0 Å². The summed E-state index contributed by atoms with van der Waals surface area (Å²) >= 11 is 0.984. The lowest BCUT2D eigenvalue weighted by atomic mass is 10.0. The summed E-state index contributed by atoms with van der Waals surface area (Å²) in [7, 11) is -4.08. The minimum Gasteiger partial charge on any atom is -0.478 e. The highest BCUT2D eigenvalue weighted by atomic mass is 32.2. The van der Waals surface area contributed by atoms with Gasteiger partial charge >= 0.3 is 5.97 Å². The molecule has 0 saturated heterocycles. The Balaban J connectivity index is 2.02. The molecule has 1 aliphatic rings. The molecule has 3 rings (SSSR count). The van der Waals surface area contributed by atoms with Crippen LogP contribution in [0.25, 0.3) is 5.57 Å². The Labute approximate surface area is 155 Å². The van der Waals surface area contributed by atoms with Crippen LogP contribution in [0.1, 0.15) is 27.0 Å². The molecule has 0 fully saturated rings. The number of carboxylic acid groups (broad SMARTS) is 1. The second kappa shape index (κ2) is 6.62. The summed E-state index contributed by atoms with van der Waals surface area (Å²) in [4.78, 5) is 24.2. The average Bonchev–Trinajstić information content (AvgIpc) is 2.82. The Kier molecular flexibility index (Phi) is 4.64. The van der Waals surface area contributed by atoms with Gasteiger partial charge in [-0.25, -0.2) is 13.2 Å². The van der Waals surface area contributed by atoms with E-state index in [1.165, 1.54) is 24.3 Å². The number of rotatable bonds is 4. The van der Waals surface area contributed by atoms with Crippen LogP contribution in [0.15, 0.2) is 46.7 Å². The fraction of sp³-hybridized carbons (Fsp3) is 0.111. The number of carboxylic acids is 1. The Hall–Kier alpha value is -2.58. The topological polar surface area (TPSA) is 101 Å². The molecule has 0 amide bonds. The van der Waals surface area contributed by atoms with Gasteiger partial charge in [0.1, 0.15) is 0 Å². The van der Waals surface area contributed by atoms with E-state index >= 15 is 0 Å². The maximum absolute atomic E-state index is 12.5. The number of thioether (sulfide) groups is 1. The van der Waals surface area contributed by atoms with Gasteiger partial charge in [0.15, 0.2) is 0 Å². The fourth-order valence-electron chi connectivity index (χ4n) is 2.56. The van der Waals surface area contributed by atoms with Gasteiger partial charge in [-0.05, 0) is 61.0 Å². The first-order chi connectivity index (χ1) is 12.2. The zero-order chi connectivity index (χ0) is 19.1. The molecule has 1 aliphatic heterocycles. The number of hydrogen-bond acceptors (Lipinski definition) is 5. The normalized spacial score (nSPS) is 15.2. The van der Waals surface area contributed by atoms with Crippen LogP contribution in [0.2, 0.25) is 0 Å². The second-order valence-corrected chi connectivity index (χ2v) is 8.40. The number of aromatic carboxylic acids is 1. The quantitative estimate of drug-likeness (QED) is 0.777. The molecule has 0 unspecified atom stereocenters. The number of hydrogen-bond donors (Lipinski definition) is 2. The van der Waals surface area contributed by atoms with E-state index in [2.05, 4.69) is 4.72 Å². The van der Waals surface area contributed by atoms with Crippen molar-refractivity contribution >= 4 is 44.1 Å². The van der Waals surface area contributed by atoms with Crippen LogP contribution in [0.4, 0.5) is 5.69 Å². The number of carbonyl (C=O) groups excluding carboxylic acids is 1. The molecule has 0 bridgehead atoms. The molecule has 0 saturated carbocycles. The lowest BCUT2D eigenvalue weighted by Crippen LogP contribution is -2.13. The Morgan fingerprint density at radius 2 is 1.81 bits per heavy atom. The van der Waals surface area contributed by atoms with Crippen molar-refractivity contribution in [1.82, 2.24) is 0 Å². The largest absolute Gasteiger partial charge is 0.478 e. The van der Waals surface area contributed by atoms with Crippen LogP contribution in [-0.2, 0) is 14.8 Å². The summed E-state index contributed by atoms with van der Waals surface area (Å²) in [6.45, 7) is 3.81. The molecular formula is C18H15NO5S2. The van der Waals surface area contributed by atoms with E-state index in [-0.39, 0.29) is 21.9 Å². The van der Waals surface area contributed by atoms with Crippen LogP contribution < -0.4 is 4.72 Å². The molecule has 0 aliphatic carbocycles. The van der Waals surface area contributed by atoms with Gasteiger partial charge in [-0.15, -0.1) is 0 Å². The van der Waals surface area contributed by atoms with Crippen molar-refractivity contribution in [2.24, 2.45) is 0 Å². The molecular weight excluding hydrogens is 374 g/mol. The first-order valence-electron chi connectivity index (χ1n) is 7.58. The SMILES string of the molecule is Cc1cc2c(cc1C)/C(=C/S(=O)(=O)Nc1ccccc1C(=O)O)C(=O)S2. The Bertz CT molecular complexity index is 1070. The van der Waals surface area contributed by atoms with Gasteiger partial charge in [0.05, 0.1) is 22.2 Å². The van der Waals surface area contributed by atoms with Gasteiger partial charge in [0, 0.05) is 10.5 Å². The minimum absolute atomic E-state index is 0.0599. The number of aryl methyl sites for hydroxylation is 2. The zero-order valence-electron chi connectivity index (χ0n) is 13.9. The molecule has 0 aromatic heterocycles. The summed E-state index contributed by atoms with van der Waals surface area (Å²) in [5.41, 5.74) is 2.38. The summed E-state index contributed by atoms with van der Waals surface area (Å²) in [6, 6.07) is 9.31. The van der Waals surface area contributed by atoms with Gasteiger partial charge in [-0.1, -0.05) is 12.1 Å². The highest BCUT2D eigenvalue weighted by Gasteiger charge is 2.28. The van der Waals surface area contributed by atoms with Crippen LogP contribution >= 0.6 is 11.8 Å². The van der Waals surface area contributed by atoms with Crippen LogP contribution in [0.3, 0.4) is 0 Å². The minimum atomic E-state index is -4.08. The standard InChI is InChI=1S/C18H15NO5S2/c1-10-7-13-14(18(22)25-16(13)8-11(10)2)9-26(23,24)19-15-6-4-3-5-12(15)17(20)21/h3-9,19H,1-2H3,(H,20,21)/b14-9-. The monoisotopic (exact) mass is 389 g/mol. The maximum atomic E-state index is 12.5. The van der Waals surface area contributed by atoms with Gasteiger partial charge < -0.3 is 5.11 Å². The number of para-hydroxylation sites is 1. The van der Waals surface area contributed by atoms with Crippen molar-refractivity contribution in [2.45, 2.75) is 18.7 Å². The van der Waals surface area contributed by atoms with Gasteiger partial charge in [0.25, 0.3) is 10.0 Å². The smallest absolute Gasteiger partial charge is 0.337 e. The van der Waals surface area contributed by atoms with Gasteiger partial charge in [-0.3, -0.25) is 9.52 Å². The molecule has 8 heteroatoms. The molecule has 6 nitrogen and oxygen atoms in total. The van der Waals surface area contributed by atoms with Crippen molar-refractivity contribution in [3.63, 3.8) is 0 Å². The predicted octanol–water partition coefficient (Wildman–Crippen LogP) is 3.42. The highest BCUT2D eigenvalue weighted by Crippen LogP contribution is 2.42. The lowest BCUT2D eigenvalue weighted by Gasteiger charge is -2.09. The van der Waals surface area contributed by atoms with Crippen LogP contribution in [0, 0.1) is 13.8 Å². The maximum Gasteiger partial charge on any atom is 0.337 e. The fourth-order valence-corrected chi connectivity index (χ4v) is 4.71. The van der Waals surface area contributed by atoms with Crippen molar-refractivity contribution in [3.05, 3.63) is 64.1 Å². The highest BCUT2D eigenvalue weighted by molar-refractivity contribution is 8.15. The Morgan fingerprint density at radius 3 is 2.50 bits per heavy atom. The third-order valence-corrected chi connectivity index (χ3v) is 6.00. The van der Waals surface area contributed by atoms with E-state index < -0.39 is 16.0 Å². The molecule has 0 radical (unpaired) electrons. The van der Waals surface area contributed by atoms with Gasteiger partial charge in [0.2, 0.25) is 5.12 Å². The number of anilines is 1. The summed E-state index contributed by atoms with van der Waals surface area (Å²) < 4.78 is 27.2. The van der Waals surface area contributed by atoms with E-state index in [1.807, 2.05) is 19.9 Å². The predicted molar refractivity (Wildman–Crippen MR) is 101 cm³/mol. The van der Waals surface area contributed by atoms with E-state index in [0.29, 0.717) is 10.5 Å². The number of benzene rings is 2. The number of fused-ring (bicyclic) bond motifs is 1. The molecule has 2 aromatic rings. The molecule has 0 atom stereocenters. The van der Waals surface area contributed by atoms with Gasteiger partial charge in [-0.2, -0.15) is 0 Å². The average molecular weight is 389 g/mol. The molecule has 2 N–H and O–H groups in total. The molecule has 1 heterocycles. The van der Waals surface area contributed by atoms with Crippen molar-refractivity contribution in [1.29, 1.82) is 0 Å². The lowest BCUT2D eigenvalue weighted by molar-refractivity contribution is -0.106. The van der Waals surface area contributed by atoms with Crippen molar-refractivity contribution in [2.75, 3.05) is 4.72 Å². The third kappa shape index (κ3) is 3.51. The van der Waals surface area contributed by atoms with Crippen molar-refractivity contribution < 1.29 is 23.1 Å². The second-order valence-electron chi connectivity index (χ2n) is 5.85. The Morgan fingerprint density at radius 1 is 1.15 bits per heavy atom. The number of carbonyl (C=O) groups is 2. The summed E-state index contributed by atoms with van der Waals surface area (Å²) in [5.74, 6) is -1.25. The van der Waals surface area contributed by atoms with E-state index in [0.717, 1.165) is 28.3 Å². The molecule has 2 aromatic carbocycles. The van der Waals surface area contributed by atoms with E-state index in [1.54, 1.807) is 6.07 Å². The first kappa shape index (κ1) is 18.2. The third-order valence-electron chi connectivity index (χ3n) is 3.99. The van der Waals surface area contributed by atoms with Crippen LogP contribution in [-0.4, -0.2) is 24.6 Å². The summed E-state index contributed by atoms with van der Waals surface area (Å²) in [6.07, 6.45) is 0. The molecule has 26 heavy (non-hydrogen) atoms. The first-order valence-corrected chi connectivity index (χ1v) is 9.95.